The first-order valence-electron chi connectivity index (χ1n) is 10.4. The molecule has 3 aromatic rings. The van der Waals surface area contributed by atoms with Gasteiger partial charge in [-0.3, -0.25) is 4.57 Å². The molecular formula is C22H28N6O2S. The maximum Gasteiger partial charge on any atom is 0.218 e. The highest BCUT2D eigenvalue weighted by Crippen LogP contribution is 2.21. The van der Waals surface area contributed by atoms with Gasteiger partial charge in [0, 0.05) is 37.9 Å². The van der Waals surface area contributed by atoms with Crippen LogP contribution in [0.15, 0.2) is 36.7 Å². The lowest BCUT2D eigenvalue weighted by atomic mass is 10.2. The van der Waals surface area contributed by atoms with E-state index in [1.807, 2.05) is 62.6 Å². The summed E-state index contributed by atoms with van der Waals surface area (Å²) in [6, 6.07) is 9.61. The van der Waals surface area contributed by atoms with Crippen LogP contribution in [0.25, 0.3) is 5.82 Å². The Morgan fingerprint density at radius 2 is 1.65 bits per heavy atom. The minimum absolute atomic E-state index is 0.0324. The van der Waals surface area contributed by atoms with Gasteiger partial charge in [0.05, 0.1) is 11.4 Å². The third-order valence-electron chi connectivity index (χ3n) is 5.70. The van der Waals surface area contributed by atoms with Crippen molar-refractivity contribution in [1.29, 1.82) is 0 Å². The van der Waals surface area contributed by atoms with E-state index in [9.17, 15) is 8.42 Å². The van der Waals surface area contributed by atoms with Gasteiger partial charge in [-0.1, -0.05) is 29.8 Å². The fourth-order valence-electron chi connectivity index (χ4n) is 3.85. The van der Waals surface area contributed by atoms with Crippen molar-refractivity contribution in [2.75, 3.05) is 31.1 Å². The molecule has 0 atom stereocenters. The van der Waals surface area contributed by atoms with E-state index in [0.29, 0.717) is 32.0 Å². The van der Waals surface area contributed by atoms with Crippen molar-refractivity contribution in [1.82, 2.24) is 23.8 Å². The second kappa shape index (κ2) is 8.39. The molecule has 9 heteroatoms. The van der Waals surface area contributed by atoms with Crippen LogP contribution in [0.2, 0.25) is 0 Å². The van der Waals surface area contributed by atoms with Gasteiger partial charge in [0.2, 0.25) is 10.0 Å². The average Bonchev–Trinajstić information content (AvgIpc) is 3.06. The second-order valence-electron chi connectivity index (χ2n) is 8.05. The Morgan fingerprint density at radius 1 is 0.935 bits per heavy atom. The summed E-state index contributed by atoms with van der Waals surface area (Å²) in [5.41, 5.74) is 3.89. The summed E-state index contributed by atoms with van der Waals surface area (Å²) in [4.78, 5) is 15.6. The number of piperazine rings is 1. The Bertz CT molecular complexity index is 1200. The van der Waals surface area contributed by atoms with E-state index >= 15 is 0 Å². The normalized spacial score (nSPS) is 15.4. The van der Waals surface area contributed by atoms with Crippen LogP contribution >= 0.6 is 0 Å². The lowest BCUT2D eigenvalue weighted by molar-refractivity contribution is 0.383. The summed E-state index contributed by atoms with van der Waals surface area (Å²) in [5.74, 6) is 2.29. The molecule has 0 radical (unpaired) electrons. The van der Waals surface area contributed by atoms with Crippen molar-refractivity contribution in [2.45, 2.75) is 33.4 Å². The molecule has 3 heterocycles. The Morgan fingerprint density at radius 3 is 2.29 bits per heavy atom. The SMILES string of the molecule is Cc1cccc(CS(=O)(=O)N2CCN(c3cc(-n4cnc(C)c4C)nc(C)n3)CC2)c1. The number of benzene rings is 1. The summed E-state index contributed by atoms with van der Waals surface area (Å²) in [6.07, 6.45) is 1.77. The first-order valence-corrected chi connectivity index (χ1v) is 12.0. The van der Waals surface area contributed by atoms with Crippen molar-refractivity contribution in [3.05, 3.63) is 65.0 Å². The number of imidazole rings is 1. The van der Waals surface area contributed by atoms with Gasteiger partial charge in [-0.25, -0.2) is 23.4 Å². The van der Waals surface area contributed by atoms with Crippen LogP contribution in [-0.2, 0) is 15.8 Å². The first kappa shape index (κ1) is 21.5. The number of nitrogens with zero attached hydrogens (tertiary/aromatic N) is 6. The number of sulfonamides is 1. The van der Waals surface area contributed by atoms with Crippen LogP contribution in [-0.4, -0.2) is 58.4 Å². The minimum atomic E-state index is -3.36. The number of rotatable bonds is 5. The van der Waals surface area contributed by atoms with E-state index in [-0.39, 0.29) is 5.75 Å². The topological polar surface area (TPSA) is 84.2 Å². The number of aromatic nitrogens is 4. The van der Waals surface area contributed by atoms with Crippen molar-refractivity contribution in [3.63, 3.8) is 0 Å². The Labute approximate surface area is 183 Å². The predicted octanol–water partition coefficient (Wildman–Crippen LogP) is 2.55. The third kappa shape index (κ3) is 4.62. The fourth-order valence-corrected chi connectivity index (χ4v) is 5.35. The van der Waals surface area contributed by atoms with E-state index in [0.717, 1.165) is 34.2 Å². The zero-order valence-corrected chi connectivity index (χ0v) is 19.2. The summed E-state index contributed by atoms with van der Waals surface area (Å²) in [7, 11) is -3.36. The molecule has 1 aliphatic rings. The maximum absolute atomic E-state index is 12.9. The van der Waals surface area contributed by atoms with Gasteiger partial charge in [-0.2, -0.15) is 4.31 Å². The molecule has 0 unspecified atom stereocenters. The number of hydrogen-bond acceptors (Lipinski definition) is 6. The molecule has 1 aromatic carbocycles. The molecule has 1 saturated heterocycles. The van der Waals surface area contributed by atoms with Gasteiger partial charge in [0.25, 0.3) is 0 Å². The van der Waals surface area contributed by atoms with Gasteiger partial charge in [0.15, 0.2) is 0 Å². The number of aryl methyl sites for hydroxylation is 3. The standard InChI is InChI=1S/C22H28N6O2S/c1-16-6-5-7-20(12-16)14-31(29,30)27-10-8-26(9-11-27)21-13-22(25-19(4)24-21)28-15-23-17(2)18(28)3/h5-7,12-13,15H,8-11,14H2,1-4H3. The van der Waals surface area contributed by atoms with Crippen LogP contribution in [0.4, 0.5) is 5.82 Å². The molecule has 8 nitrogen and oxygen atoms in total. The zero-order valence-electron chi connectivity index (χ0n) is 18.4. The minimum Gasteiger partial charge on any atom is -0.354 e. The third-order valence-corrected chi connectivity index (χ3v) is 7.55. The van der Waals surface area contributed by atoms with Crippen molar-refractivity contribution in [2.24, 2.45) is 0 Å². The Hall–Kier alpha value is -2.78. The average molecular weight is 441 g/mol. The van der Waals surface area contributed by atoms with Crippen molar-refractivity contribution >= 4 is 15.8 Å². The van der Waals surface area contributed by atoms with Crippen LogP contribution in [0, 0.1) is 27.7 Å². The molecule has 0 spiro atoms. The summed E-state index contributed by atoms with van der Waals surface area (Å²) in [5, 5.41) is 0. The number of anilines is 1. The van der Waals surface area contributed by atoms with Crippen LogP contribution in [0.5, 0.6) is 0 Å². The van der Waals surface area contributed by atoms with Gasteiger partial charge in [-0.05, 0) is 33.3 Å². The van der Waals surface area contributed by atoms with E-state index in [1.165, 1.54) is 0 Å². The zero-order chi connectivity index (χ0) is 22.2. The Kier molecular flexibility index (Phi) is 5.81. The Balaban J connectivity index is 1.48. The van der Waals surface area contributed by atoms with E-state index in [1.54, 1.807) is 10.6 Å². The smallest absolute Gasteiger partial charge is 0.218 e. The maximum atomic E-state index is 12.9. The quantitative estimate of drug-likeness (QED) is 0.606. The molecular weight excluding hydrogens is 412 g/mol. The summed E-state index contributed by atoms with van der Waals surface area (Å²) in [6.45, 7) is 9.88. The van der Waals surface area contributed by atoms with Crippen LogP contribution < -0.4 is 4.90 Å². The highest BCUT2D eigenvalue weighted by atomic mass is 32.2. The lowest BCUT2D eigenvalue weighted by Gasteiger charge is -2.35. The number of hydrogen-bond donors (Lipinski definition) is 0. The molecule has 4 rings (SSSR count). The van der Waals surface area contributed by atoms with E-state index in [4.69, 9.17) is 0 Å². The van der Waals surface area contributed by atoms with Crippen LogP contribution in [0.1, 0.15) is 28.3 Å². The molecule has 0 saturated carbocycles. The summed E-state index contributed by atoms with van der Waals surface area (Å²) < 4.78 is 29.4. The lowest BCUT2D eigenvalue weighted by Crippen LogP contribution is -2.49. The van der Waals surface area contributed by atoms with Crippen molar-refractivity contribution in [3.8, 4) is 5.82 Å². The second-order valence-corrected chi connectivity index (χ2v) is 10.0. The highest BCUT2D eigenvalue weighted by Gasteiger charge is 2.28. The highest BCUT2D eigenvalue weighted by molar-refractivity contribution is 7.88. The van der Waals surface area contributed by atoms with Gasteiger partial charge >= 0.3 is 0 Å². The monoisotopic (exact) mass is 440 g/mol. The van der Waals surface area contributed by atoms with Gasteiger partial charge in [0.1, 0.15) is 23.8 Å². The van der Waals surface area contributed by atoms with E-state index < -0.39 is 10.0 Å². The van der Waals surface area contributed by atoms with Gasteiger partial charge in [-0.15, -0.1) is 0 Å². The summed E-state index contributed by atoms with van der Waals surface area (Å²) >= 11 is 0. The molecule has 0 aliphatic carbocycles. The molecule has 1 aliphatic heterocycles. The van der Waals surface area contributed by atoms with E-state index in [2.05, 4.69) is 19.9 Å². The largest absolute Gasteiger partial charge is 0.354 e. The molecule has 0 N–H and O–H groups in total. The fraction of sp³-hybridized carbons (Fsp3) is 0.409. The molecule has 31 heavy (non-hydrogen) atoms. The molecule has 2 aromatic heterocycles. The molecule has 0 bridgehead atoms. The van der Waals surface area contributed by atoms with Gasteiger partial charge < -0.3 is 4.90 Å². The molecule has 1 fully saturated rings. The van der Waals surface area contributed by atoms with Crippen molar-refractivity contribution < 1.29 is 8.42 Å². The van der Waals surface area contributed by atoms with Crippen LogP contribution in [0.3, 0.4) is 0 Å². The molecule has 0 amide bonds. The predicted molar refractivity (Wildman–Crippen MR) is 121 cm³/mol. The first-order chi connectivity index (χ1) is 14.7. The molecule has 164 valence electrons.